The van der Waals surface area contributed by atoms with E-state index in [9.17, 15) is 9.59 Å². The molecule has 0 aliphatic carbocycles. The minimum Gasteiger partial charge on any atom is -0.385 e. The van der Waals surface area contributed by atoms with Crippen molar-refractivity contribution in [1.82, 2.24) is 14.5 Å². The highest BCUT2D eigenvalue weighted by Gasteiger charge is 2.15. The van der Waals surface area contributed by atoms with E-state index in [1.807, 2.05) is 18.2 Å². The molecule has 7 heteroatoms. The molecule has 0 aliphatic rings. The first-order chi connectivity index (χ1) is 11.6. The van der Waals surface area contributed by atoms with Gasteiger partial charge in [-0.2, -0.15) is 0 Å². The number of nitrogens with zero attached hydrogens (tertiary/aromatic N) is 2. The molecule has 6 nitrogen and oxygen atoms in total. The zero-order chi connectivity index (χ0) is 17.1. The van der Waals surface area contributed by atoms with Crippen LogP contribution in [0.3, 0.4) is 0 Å². The molecule has 0 atom stereocenters. The average Bonchev–Trinajstić information content (AvgIpc) is 2.57. The normalized spacial score (nSPS) is 11.1. The van der Waals surface area contributed by atoms with E-state index in [-0.39, 0.29) is 0 Å². The molecule has 0 bridgehead atoms. The van der Waals surface area contributed by atoms with Gasteiger partial charge >= 0.3 is 5.69 Å². The quantitative estimate of drug-likeness (QED) is 0.720. The molecule has 2 heterocycles. The first kappa shape index (κ1) is 16.4. The van der Waals surface area contributed by atoms with Gasteiger partial charge in [0.15, 0.2) is 0 Å². The zero-order valence-electron chi connectivity index (χ0n) is 13.1. The SMILES string of the molecule is COCCCn1c(=O)[nH]c(=O)c2c(-c3ccccc3Cl)ccnc21. The third kappa shape index (κ3) is 2.98. The topological polar surface area (TPSA) is 77.0 Å². The monoisotopic (exact) mass is 345 g/mol. The fraction of sp³-hybridized carbons (Fsp3) is 0.235. The summed E-state index contributed by atoms with van der Waals surface area (Å²) in [6.07, 6.45) is 2.21. The molecule has 0 radical (unpaired) electrons. The second-order valence-electron chi connectivity index (χ2n) is 5.29. The number of nitrogens with one attached hydrogen (secondary N) is 1. The van der Waals surface area contributed by atoms with Crippen LogP contribution in [0.1, 0.15) is 6.42 Å². The molecule has 0 saturated carbocycles. The van der Waals surface area contributed by atoms with Crippen molar-refractivity contribution in [3.8, 4) is 11.1 Å². The van der Waals surface area contributed by atoms with E-state index < -0.39 is 11.2 Å². The van der Waals surface area contributed by atoms with Crippen LogP contribution in [-0.4, -0.2) is 28.3 Å². The number of methoxy groups -OCH3 is 1. The van der Waals surface area contributed by atoms with Crippen molar-refractivity contribution < 1.29 is 4.74 Å². The van der Waals surface area contributed by atoms with Gasteiger partial charge in [0.25, 0.3) is 5.56 Å². The second kappa shape index (κ2) is 6.98. The van der Waals surface area contributed by atoms with Crippen LogP contribution in [0.2, 0.25) is 5.02 Å². The van der Waals surface area contributed by atoms with Gasteiger partial charge in [0, 0.05) is 42.6 Å². The van der Waals surface area contributed by atoms with Gasteiger partial charge in [-0.3, -0.25) is 14.3 Å². The van der Waals surface area contributed by atoms with Gasteiger partial charge in [-0.15, -0.1) is 0 Å². The van der Waals surface area contributed by atoms with Crippen molar-refractivity contribution in [3.05, 3.63) is 62.4 Å². The van der Waals surface area contributed by atoms with Gasteiger partial charge in [0.05, 0.1) is 5.39 Å². The van der Waals surface area contributed by atoms with Gasteiger partial charge in [-0.25, -0.2) is 9.78 Å². The van der Waals surface area contributed by atoms with Gasteiger partial charge < -0.3 is 4.74 Å². The molecule has 1 aromatic carbocycles. The Morgan fingerprint density at radius 2 is 2.00 bits per heavy atom. The Morgan fingerprint density at radius 3 is 2.75 bits per heavy atom. The molecule has 0 spiro atoms. The molecule has 3 rings (SSSR count). The molecule has 24 heavy (non-hydrogen) atoms. The maximum absolute atomic E-state index is 12.4. The highest BCUT2D eigenvalue weighted by atomic mass is 35.5. The summed E-state index contributed by atoms with van der Waals surface area (Å²) < 4.78 is 6.48. The number of rotatable bonds is 5. The fourth-order valence-corrected chi connectivity index (χ4v) is 2.92. The largest absolute Gasteiger partial charge is 0.385 e. The molecule has 0 unspecified atom stereocenters. The molecule has 124 valence electrons. The van der Waals surface area contributed by atoms with E-state index in [1.165, 1.54) is 4.57 Å². The third-order valence-corrected chi connectivity index (χ3v) is 4.10. The molecule has 1 N–H and O–H groups in total. The number of aromatic amines is 1. The minimum absolute atomic E-state index is 0.345. The molecule has 0 fully saturated rings. The number of benzene rings is 1. The Bertz CT molecular complexity index is 994. The number of fused-ring (bicyclic) bond motifs is 1. The fourth-order valence-electron chi connectivity index (χ4n) is 2.68. The summed E-state index contributed by atoms with van der Waals surface area (Å²) in [5, 5.41) is 0.879. The minimum atomic E-state index is -0.479. The predicted molar refractivity (Wildman–Crippen MR) is 93.6 cm³/mol. The number of aryl methyl sites for hydroxylation is 1. The number of H-pyrrole nitrogens is 1. The molecule has 2 aromatic heterocycles. The third-order valence-electron chi connectivity index (χ3n) is 3.77. The number of hydrogen-bond acceptors (Lipinski definition) is 4. The summed E-state index contributed by atoms with van der Waals surface area (Å²) in [6, 6.07) is 8.97. The number of hydrogen-bond donors (Lipinski definition) is 1. The lowest BCUT2D eigenvalue weighted by Crippen LogP contribution is -2.31. The van der Waals surface area contributed by atoms with Gasteiger partial charge in [0.2, 0.25) is 0 Å². The zero-order valence-corrected chi connectivity index (χ0v) is 13.8. The summed E-state index contributed by atoms with van der Waals surface area (Å²) in [5.41, 5.74) is 0.761. The van der Waals surface area contributed by atoms with E-state index >= 15 is 0 Å². The lowest BCUT2D eigenvalue weighted by Gasteiger charge is -2.11. The number of aromatic nitrogens is 3. The average molecular weight is 346 g/mol. The van der Waals surface area contributed by atoms with Crippen molar-refractivity contribution in [2.24, 2.45) is 0 Å². The Hall–Kier alpha value is -2.44. The van der Waals surface area contributed by atoms with Gasteiger partial charge in [-0.1, -0.05) is 29.8 Å². The van der Waals surface area contributed by atoms with Gasteiger partial charge in [-0.05, 0) is 18.6 Å². The molecule has 0 aliphatic heterocycles. The van der Waals surface area contributed by atoms with Crippen LogP contribution < -0.4 is 11.2 Å². The predicted octanol–water partition coefficient (Wildman–Crippen LogP) is 2.44. The Kier molecular flexibility index (Phi) is 4.78. The van der Waals surface area contributed by atoms with Crippen LogP contribution in [0.4, 0.5) is 0 Å². The summed E-state index contributed by atoms with van der Waals surface area (Å²) in [7, 11) is 1.60. The summed E-state index contributed by atoms with van der Waals surface area (Å²) >= 11 is 6.27. The van der Waals surface area contributed by atoms with Crippen molar-refractivity contribution in [1.29, 1.82) is 0 Å². The van der Waals surface area contributed by atoms with Crippen LogP contribution >= 0.6 is 11.6 Å². The Labute approximate surface area is 142 Å². The number of ether oxygens (including phenoxy) is 1. The van der Waals surface area contributed by atoms with E-state index in [0.717, 1.165) is 5.56 Å². The maximum Gasteiger partial charge on any atom is 0.329 e. The van der Waals surface area contributed by atoms with Crippen molar-refractivity contribution >= 4 is 22.6 Å². The Balaban J connectivity index is 2.27. The van der Waals surface area contributed by atoms with Crippen molar-refractivity contribution in [2.45, 2.75) is 13.0 Å². The van der Waals surface area contributed by atoms with Crippen molar-refractivity contribution in [2.75, 3.05) is 13.7 Å². The van der Waals surface area contributed by atoms with Crippen LogP contribution in [0, 0.1) is 0 Å². The number of halogens is 1. The van der Waals surface area contributed by atoms with Crippen LogP contribution in [0.15, 0.2) is 46.1 Å². The van der Waals surface area contributed by atoms with E-state index in [0.29, 0.717) is 41.2 Å². The van der Waals surface area contributed by atoms with Crippen LogP contribution in [0.25, 0.3) is 22.2 Å². The highest BCUT2D eigenvalue weighted by molar-refractivity contribution is 6.33. The summed E-state index contributed by atoms with van der Waals surface area (Å²) in [6.45, 7) is 0.913. The van der Waals surface area contributed by atoms with Crippen molar-refractivity contribution in [3.63, 3.8) is 0 Å². The lowest BCUT2D eigenvalue weighted by atomic mass is 10.0. The van der Waals surface area contributed by atoms with E-state index in [1.54, 1.807) is 25.4 Å². The molecular formula is C17H16ClN3O3. The standard InChI is InChI=1S/C17H16ClN3O3/c1-24-10-4-9-21-15-14(16(22)20-17(21)23)12(7-8-19-15)11-5-2-3-6-13(11)18/h2-3,5-8H,4,9-10H2,1H3,(H,20,22,23). The van der Waals surface area contributed by atoms with Gasteiger partial charge in [0.1, 0.15) is 5.65 Å². The summed E-state index contributed by atoms with van der Waals surface area (Å²) in [4.78, 5) is 31.2. The lowest BCUT2D eigenvalue weighted by molar-refractivity contribution is 0.190. The smallest absolute Gasteiger partial charge is 0.329 e. The molecular weight excluding hydrogens is 330 g/mol. The van der Waals surface area contributed by atoms with Crippen LogP contribution in [-0.2, 0) is 11.3 Å². The second-order valence-corrected chi connectivity index (χ2v) is 5.70. The maximum atomic E-state index is 12.4. The molecule has 3 aromatic rings. The number of pyridine rings is 1. The van der Waals surface area contributed by atoms with E-state index in [2.05, 4.69) is 9.97 Å². The Morgan fingerprint density at radius 1 is 1.21 bits per heavy atom. The van der Waals surface area contributed by atoms with Crippen LogP contribution in [0.5, 0.6) is 0 Å². The highest BCUT2D eigenvalue weighted by Crippen LogP contribution is 2.30. The van der Waals surface area contributed by atoms with E-state index in [4.69, 9.17) is 16.3 Å². The molecule has 0 amide bonds. The first-order valence-electron chi connectivity index (χ1n) is 7.49. The first-order valence-corrected chi connectivity index (χ1v) is 7.87. The molecule has 0 saturated heterocycles. The summed E-state index contributed by atoms with van der Waals surface area (Å²) in [5.74, 6) is 0.